The number of benzene rings is 1. The number of Topliss-reactive ketones (excluding diaryl/α,β-unsaturated/α-hetero) is 1. The van der Waals surface area contributed by atoms with Gasteiger partial charge in [0, 0.05) is 0 Å². The highest BCUT2D eigenvalue weighted by molar-refractivity contribution is 7.89. The van der Waals surface area contributed by atoms with Gasteiger partial charge in [0.05, 0.1) is 16.3 Å². The molecule has 1 aromatic heterocycles. The zero-order chi connectivity index (χ0) is 13.9. The number of nitrogens with one attached hydrogen (secondary N) is 1. The van der Waals surface area contributed by atoms with Crippen molar-refractivity contribution >= 4 is 27.1 Å². The monoisotopic (exact) mass is 295 g/mol. The van der Waals surface area contributed by atoms with Crippen molar-refractivity contribution in [1.29, 1.82) is 0 Å². The third-order valence-electron chi connectivity index (χ3n) is 2.55. The number of aryl methyl sites for hydroxylation is 1. The standard InChI is InChI=1S/C13H13NO3S2/c1-10-4-6-11(7-5-10)19(16,17)14-9-12(15)13-3-2-8-18-13/h2-8,14H,9H2,1H3. The fraction of sp³-hybridized carbons (Fsp3) is 0.154. The van der Waals surface area contributed by atoms with Crippen LogP contribution in [0.3, 0.4) is 0 Å². The Morgan fingerprint density at radius 3 is 2.47 bits per heavy atom. The van der Waals surface area contributed by atoms with E-state index < -0.39 is 10.0 Å². The lowest BCUT2D eigenvalue weighted by Gasteiger charge is -2.05. The van der Waals surface area contributed by atoms with Gasteiger partial charge in [-0.25, -0.2) is 13.1 Å². The van der Waals surface area contributed by atoms with Crippen molar-refractivity contribution in [3.8, 4) is 0 Å². The quantitative estimate of drug-likeness (QED) is 0.860. The van der Waals surface area contributed by atoms with Crippen LogP contribution in [0.5, 0.6) is 0 Å². The Morgan fingerprint density at radius 2 is 1.89 bits per heavy atom. The second kappa shape index (κ2) is 5.64. The molecule has 0 fully saturated rings. The topological polar surface area (TPSA) is 63.2 Å². The molecule has 0 aliphatic carbocycles. The van der Waals surface area contributed by atoms with E-state index >= 15 is 0 Å². The molecule has 2 aromatic rings. The van der Waals surface area contributed by atoms with Crippen molar-refractivity contribution in [3.05, 3.63) is 52.2 Å². The van der Waals surface area contributed by atoms with Crippen molar-refractivity contribution in [2.24, 2.45) is 0 Å². The van der Waals surface area contributed by atoms with Gasteiger partial charge >= 0.3 is 0 Å². The second-order valence-electron chi connectivity index (χ2n) is 4.04. The van der Waals surface area contributed by atoms with Crippen molar-refractivity contribution in [1.82, 2.24) is 4.72 Å². The smallest absolute Gasteiger partial charge is 0.240 e. The number of hydrogen-bond donors (Lipinski definition) is 1. The SMILES string of the molecule is Cc1ccc(S(=O)(=O)NCC(=O)c2cccs2)cc1. The van der Waals surface area contributed by atoms with Crippen LogP contribution in [-0.4, -0.2) is 20.7 Å². The number of sulfonamides is 1. The van der Waals surface area contributed by atoms with Crippen LogP contribution in [0.2, 0.25) is 0 Å². The van der Waals surface area contributed by atoms with Crippen LogP contribution >= 0.6 is 11.3 Å². The van der Waals surface area contributed by atoms with Gasteiger partial charge in [0.1, 0.15) is 0 Å². The zero-order valence-corrected chi connectivity index (χ0v) is 11.9. The number of carbonyl (C=O) groups is 1. The average Bonchev–Trinajstić information content (AvgIpc) is 2.90. The lowest BCUT2D eigenvalue weighted by atomic mass is 10.2. The van der Waals surface area contributed by atoms with Gasteiger partial charge in [0.2, 0.25) is 10.0 Å². The molecule has 1 heterocycles. The van der Waals surface area contributed by atoms with E-state index in [-0.39, 0.29) is 17.2 Å². The Morgan fingerprint density at radius 1 is 1.21 bits per heavy atom. The minimum atomic E-state index is -3.63. The first-order valence-corrected chi connectivity index (χ1v) is 7.98. The van der Waals surface area contributed by atoms with Crippen LogP contribution in [0, 0.1) is 6.92 Å². The average molecular weight is 295 g/mol. The molecular weight excluding hydrogens is 282 g/mol. The minimum absolute atomic E-state index is 0.164. The first-order chi connectivity index (χ1) is 8.99. The third kappa shape index (κ3) is 3.50. The number of ketones is 1. The lowest BCUT2D eigenvalue weighted by molar-refractivity contribution is 0.100. The third-order valence-corrected chi connectivity index (χ3v) is 4.88. The Balaban J connectivity index is 2.06. The fourth-order valence-corrected chi connectivity index (χ4v) is 3.13. The predicted octanol–water partition coefficient (Wildman–Crippen LogP) is 2.22. The summed E-state index contributed by atoms with van der Waals surface area (Å²) in [4.78, 5) is 12.4. The van der Waals surface area contributed by atoms with Crippen LogP contribution in [-0.2, 0) is 10.0 Å². The molecule has 0 radical (unpaired) electrons. The van der Waals surface area contributed by atoms with Gasteiger partial charge in [0.25, 0.3) is 0 Å². The summed E-state index contributed by atoms with van der Waals surface area (Å²) in [5.41, 5.74) is 0.980. The maximum absolute atomic E-state index is 12.0. The maximum Gasteiger partial charge on any atom is 0.240 e. The molecular formula is C13H13NO3S2. The summed E-state index contributed by atoms with van der Waals surface area (Å²) in [5.74, 6) is -0.231. The largest absolute Gasteiger partial charge is 0.292 e. The molecule has 6 heteroatoms. The molecule has 0 amide bonds. The molecule has 0 aliphatic heterocycles. The van der Waals surface area contributed by atoms with Crippen molar-refractivity contribution in [2.45, 2.75) is 11.8 Å². The van der Waals surface area contributed by atoms with E-state index in [1.807, 2.05) is 6.92 Å². The molecule has 0 saturated carbocycles. The summed E-state index contributed by atoms with van der Waals surface area (Å²) in [6.07, 6.45) is 0. The van der Waals surface area contributed by atoms with E-state index in [2.05, 4.69) is 4.72 Å². The fourth-order valence-electron chi connectivity index (χ4n) is 1.49. The molecule has 0 atom stereocenters. The number of hydrogen-bond acceptors (Lipinski definition) is 4. The van der Waals surface area contributed by atoms with Gasteiger partial charge in [-0.1, -0.05) is 23.8 Å². The maximum atomic E-state index is 12.0. The van der Waals surface area contributed by atoms with Crippen LogP contribution in [0.15, 0.2) is 46.7 Å². The van der Waals surface area contributed by atoms with Crippen LogP contribution in [0.4, 0.5) is 0 Å². The minimum Gasteiger partial charge on any atom is -0.292 e. The molecule has 19 heavy (non-hydrogen) atoms. The highest BCUT2D eigenvalue weighted by Crippen LogP contribution is 2.11. The van der Waals surface area contributed by atoms with E-state index in [0.717, 1.165) is 5.56 Å². The summed E-state index contributed by atoms with van der Waals surface area (Å²) in [5, 5.41) is 1.78. The molecule has 0 unspecified atom stereocenters. The molecule has 2 rings (SSSR count). The molecule has 100 valence electrons. The Labute approximate surface area is 116 Å². The lowest BCUT2D eigenvalue weighted by Crippen LogP contribution is -2.29. The van der Waals surface area contributed by atoms with Crippen molar-refractivity contribution in [3.63, 3.8) is 0 Å². The van der Waals surface area contributed by atoms with E-state index in [0.29, 0.717) is 4.88 Å². The normalized spacial score (nSPS) is 11.4. The second-order valence-corrected chi connectivity index (χ2v) is 6.75. The van der Waals surface area contributed by atoms with Crippen LogP contribution in [0.25, 0.3) is 0 Å². The van der Waals surface area contributed by atoms with Gasteiger partial charge in [-0.15, -0.1) is 11.3 Å². The van der Waals surface area contributed by atoms with Crippen LogP contribution in [0.1, 0.15) is 15.2 Å². The molecule has 0 spiro atoms. The molecule has 0 bridgehead atoms. The van der Waals surface area contributed by atoms with Gasteiger partial charge in [0.15, 0.2) is 5.78 Å². The van der Waals surface area contributed by atoms with Gasteiger partial charge in [-0.05, 0) is 30.5 Å². The van der Waals surface area contributed by atoms with E-state index in [1.165, 1.54) is 23.5 Å². The van der Waals surface area contributed by atoms with E-state index in [4.69, 9.17) is 0 Å². The van der Waals surface area contributed by atoms with Gasteiger partial charge in [-0.3, -0.25) is 4.79 Å². The molecule has 0 aliphatic rings. The summed E-state index contributed by atoms with van der Waals surface area (Å²) in [6, 6.07) is 9.91. The Hall–Kier alpha value is -1.50. The zero-order valence-electron chi connectivity index (χ0n) is 10.3. The molecule has 0 saturated heterocycles. The number of carbonyl (C=O) groups excluding carboxylic acids is 1. The summed E-state index contributed by atoms with van der Waals surface area (Å²) in [7, 11) is -3.63. The van der Waals surface area contributed by atoms with Crippen LogP contribution < -0.4 is 4.72 Å². The number of rotatable bonds is 5. The highest BCUT2D eigenvalue weighted by Gasteiger charge is 2.16. The van der Waals surface area contributed by atoms with E-state index in [9.17, 15) is 13.2 Å². The summed E-state index contributed by atoms with van der Waals surface area (Å²) in [6.45, 7) is 1.65. The summed E-state index contributed by atoms with van der Waals surface area (Å²) < 4.78 is 26.2. The molecule has 1 aromatic carbocycles. The highest BCUT2D eigenvalue weighted by atomic mass is 32.2. The first kappa shape index (κ1) is 13.9. The predicted molar refractivity (Wildman–Crippen MR) is 75.0 cm³/mol. The molecule has 1 N–H and O–H groups in total. The Kier molecular flexibility index (Phi) is 4.14. The van der Waals surface area contributed by atoms with Crippen molar-refractivity contribution in [2.75, 3.05) is 6.54 Å². The van der Waals surface area contributed by atoms with Gasteiger partial charge < -0.3 is 0 Å². The van der Waals surface area contributed by atoms with Crippen molar-refractivity contribution < 1.29 is 13.2 Å². The first-order valence-electron chi connectivity index (χ1n) is 5.62. The molecule has 4 nitrogen and oxygen atoms in total. The summed E-state index contributed by atoms with van der Waals surface area (Å²) >= 11 is 1.30. The number of thiophene rings is 1. The van der Waals surface area contributed by atoms with Gasteiger partial charge in [-0.2, -0.15) is 0 Å². The Bertz CT molecular complexity index is 658. The van der Waals surface area contributed by atoms with E-state index in [1.54, 1.807) is 29.6 Å².